The van der Waals surface area contributed by atoms with Gasteiger partial charge >= 0.3 is 5.97 Å². The Hall–Kier alpha value is -2.63. The number of aromatic nitrogens is 2. The standard InChI is InChI=1S/C16H19N3O3/c1-16(2,15(21)22)18(3)14(20)11-12-5-7-13(8-6-12)19-10-4-9-17-19/h4-10H,11H2,1-3H3,(H,21,22). The second kappa shape index (κ2) is 6.01. The van der Waals surface area contributed by atoms with E-state index in [1.165, 1.54) is 25.8 Å². The van der Waals surface area contributed by atoms with Gasteiger partial charge in [-0.05, 0) is 37.6 Å². The van der Waals surface area contributed by atoms with Crippen LogP contribution in [0.3, 0.4) is 0 Å². The lowest BCUT2D eigenvalue weighted by atomic mass is 10.0. The van der Waals surface area contributed by atoms with Gasteiger partial charge in [0.25, 0.3) is 0 Å². The summed E-state index contributed by atoms with van der Waals surface area (Å²) >= 11 is 0. The van der Waals surface area contributed by atoms with Crippen LogP contribution in [0.5, 0.6) is 0 Å². The van der Waals surface area contributed by atoms with Crippen LogP contribution < -0.4 is 0 Å². The summed E-state index contributed by atoms with van der Waals surface area (Å²) in [6.07, 6.45) is 3.69. The molecule has 6 nitrogen and oxygen atoms in total. The minimum absolute atomic E-state index is 0.159. The molecule has 0 saturated carbocycles. The molecule has 0 aliphatic rings. The van der Waals surface area contributed by atoms with E-state index < -0.39 is 11.5 Å². The number of nitrogens with zero attached hydrogens (tertiary/aromatic N) is 3. The summed E-state index contributed by atoms with van der Waals surface area (Å²) in [7, 11) is 1.51. The lowest BCUT2D eigenvalue weighted by Gasteiger charge is -2.31. The van der Waals surface area contributed by atoms with Gasteiger partial charge in [-0.15, -0.1) is 0 Å². The van der Waals surface area contributed by atoms with E-state index >= 15 is 0 Å². The zero-order chi connectivity index (χ0) is 16.3. The van der Waals surface area contributed by atoms with Crippen molar-refractivity contribution in [2.45, 2.75) is 25.8 Å². The van der Waals surface area contributed by atoms with E-state index in [0.29, 0.717) is 0 Å². The fourth-order valence-electron chi connectivity index (χ4n) is 1.94. The Balaban J connectivity index is 2.08. The van der Waals surface area contributed by atoms with Gasteiger partial charge in [0.2, 0.25) is 5.91 Å². The summed E-state index contributed by atoms with van der Waals surface area (Å²) in [6.45, 7) is 3.02. The van der Waals surface area contributed by atoms with Gasteiger partial charge in [0.15, 0.2) is 0 Å². The molecule has 2 aromatic rings. The number of benzene rings is 1. The molecule has 0 aliphatic heterocycles. The molecule has 0 bridgehead atoms. The Bertz CT molecular complexity index is 660. The minimum Gasteiger partial charge on any atom is -0.480 e. The van der Waals surface area contributed by atoms with Crippen LogP contribution in [0.4, 0.5) is 0 Å². The lowest BCUT2D eigenvalue weighted by molar-refractivity contribution is -0.155. The summed E-state index contributed by atoms with van der Waals surface area (Å²) in [6, 6.07) is 9.27. The highest BCUT2D eigenvalue weighted by Gasteiger charge is 2.34. The minimum atomic E-state index is -1.23. The molecule has 0 aliphatic carbocycles. The molecule has 1 aromatic carbocycles. The van der Waals surface area contributed by atoms with E-state index in [2.05, 4.69) is 5.10 Å². The van der Waals surface area contributed by atoms with E-state index in [9.17, 15) is 9.59 Å². The second-order valence-electron chi connectivity index (χ2n) is 5.61. The van der Waals surface area contributed by atoms with Crippen molar-refractivity contribution in [3.63, 3.8) is 0 Å². The highest BCUT2D eigenvalue weighted by Crippen LogP contribution is 2.15. The number of carboxylic acids is 1. The van der Waals surface area contributed by atoms with E-state index in [-0.39, 0.29) is 12.3 Å². The molecule has 116 valence electrons. The Labute approximate surface area is 129 Å². The van der Waals surface area contributed by atoms with Gasteiger partial charge in [-0.2, -0.15) is 5.10 Å². The second-order valence-corrected chi connectivity index (χ2v) is 5.61. The van der Waals surface area contributed by atoms with Crippen molar-refractivity contribution >= 4 is 11.9 Å². The molecular formula is C16H19N3O3. The van der Waals surface area contributed by atoms with Crippen LogP contribution >= 0.6 is 0 Å². The molecule has 0 radical (unpaired) electrons. The number of likely N-dealkylation sites (N-methyl/N-ethyl adjacent to an activating group) is 1. The molecule has 22 heavy (non-hydrogen) atoms. The highest BCUT2D eigenvalue weighted by atomic mass is 16.4. The first-order valence-electron chi connectivity index (χ1n) is 6.91. The third-order valence-electron chi connectivity index (χ3n) is 3.80. The molecule has 0 fully saturated rings. The number of amides is 1. The predicted molar refractivity (Wildman–Crippen MR) is 81.8 cm³/mol. The largest absolute Gasteiger partial charge is 0.480 e. The molecule has 6 heteroatoms. The maximum absolute atomic E-state index is 12.2. The smallest absolute Gasteiger partial charge is 0.329 e. The molecule has 0 spiro atoms. The van der Waals surface area contributed by atoms with Crippen LogP contribution in [-0.2, 0) is 16.0 Å². The van der Waals surface area contributed by atoms with Crippen LogP contribution in [-0.4, -0.2) is 44.3 Å². The molecule has 0 atom stereocenters. The SMILES string of the molecule is CN(C(=O)Cc1ccc(-n2cccn2)cc1)C(C)(C)C(=O)O. The number of hydrogen-bond donors (Lipinski definition) is 1. The summed E-state index contributed by atoms with van der Waals surface area (Å²) in [5.74, 6) is -1.27. The van der Waals surface area contributed by atoms with Crippen molar-refractivity contribution in [1.29, 1.82) is 0 Å². The Morgan fingerprint density at radius 2 is 1.91 bits per heavy atom. The number of carbonyl (C=O) groups excluding carboxylic acids is 1. The molecule has 1 aromatic heterocycles. The number of carbonyl (C=O) groups is 2. The van der Waals surface area contributed by atoms with Crippen LogP contribution in [0, 0.1) is 0 Å². The van der Waals surface area contributed by atoms with Crippen LogP contribution in [0.25, 0.3) is 5.69 Å². The van der Waals surface area contributed by atoms with Crippen molar-refractivity contribution in [1.82, 2.24) is 14.7 Å². The summed E-state index contributed by atoms with van der Waals surface area (Å²) < 4.78 is 1.73. The van der Waals surface area contributed by atoms with Gasteiger partial charge in [0.05, 0.1) is 12.1 Å². The lowest BCUT2D eigenvalue weighted by Crippen LogP contribution is -2.51. The van der Waals surface area contributed by atoms with E-state index in [1.807, 2.05) is 36.5 Å². The normalized spacial score (nSPS) is 11.2. The predicted octanol–water partition coefficient (Wildman–Crippen LogP) is 1.74. The number of aliphatic carboxylic acids is 1. The van der Waals surface area contributed by atoms with Gasteiger partial charge in [0, 0.05) is 19.4 Å². The monoisotopic (exact) mass is 301 g/mol. The van der Waals surface area contributed by atoms with E-state index in [1.54, 1.807) is 10.9 Å². The van der Waals surface area contributed by atoms with E-state index in [0.717, 1.165) is 11.3 Å². The van der Waals surface area contributed by atoms with Crippen molar-refractivity contribution in [3.8, 4) is 5.69 Å². The Kier molecular flexibility index (Phi) is 4.30. The van der Waals surface area contributed by atoms with Crippen LogP contribution in [0.15, 0.2) is 42.7 Å². The fraction of sp³-hybridized carbons (Fsp3) is 0.312. The highest BCUT2D eigenvalue weighted by molar-refractivity contribution is 5.87. The van der Waals surface area contributed by atoms with Crippen molar-refractivity contribution < 1.29 is 14.7 Å². The van der Waals surface area contributed by atoms with Gasteiger partial charge in [0.1, 0.15) is 5.54 Å². The number of hydrogen-bond acceptors (Lipinski definition) is 3. The average Bonchev–Trinajstić information content (AvgIpc) is 3.01. The molecular weight excluding hydrogens is 282 g/mol. The first kappa shape index (κ1) is 15.8. The van der Waals surface area contributed by atoms with E-state index in [4.69, 9.17) is 5.11 Å². The van der Waals surface area contributed by atoms with Crippen LogP contribution in [0.2, 0.25) is 0 Å². The van der Waals surface area contributed by atoms with Gasteiger partial charge in [-0.1, -0.05) is 12.1 Å². The number of carboxylic acid groups (broad SMARTS) is 1. The van der Waals surface area contributed by atoms with Gasteiger partial charge in [-0.3, -0.25) is 4.79 Å². The molecule has 1 amide bonds. The third-order valence-corrected chi connectivity index (χ3v) is 3.80. The van der Waals surface area contributed by atoms with Crippen LogP contribution in [0.1, 0.15) is 19.4 Å². The van der Waals surface area contributed by atoms with Gasteiger partial charge in [-0.25, -0.2) is 9.48 Å². The number of rotatable bonds is 5. The maximum atomic E-state index is 12.2. The average molecular weight is 301 g/mol. The van der Waals surface area contributed by atoms with Gasteiger partial charge < -0.3 is 10.0 Å². The Morgan fingerprint density at radius 3 is 2.41 bits per heavy atom. The first-order valence-corrected chi connectivity index (χ1v) is 6.91. The first-order chi connectivity index (χ1) is 10.3. The molecule has 1 N–H and O–H groups in total. The molecule has 1 heterocycles. The molecule has 2 rings (SSSR count). The third kappa shape index (κ3) is 3.16. The summed E-state index contributed by atoms with van der Waals surface area (Å²) in [5.41, 5.74) is 0.501. The maximum Gasteiger partial charge on any atom is 0.329 e. The fourth-order valence-corrected chi connectivity index (χ4v) is 1.94. The zero-order valence-electron chi connectivity index (χ0n) is 12.9. The quantitative estimate of drug-likeness (QED) is 0.912. The Morgan fingerprint density at radius 1 is 1.27 bits per heavy atom. The van der Waals surface area contributed by atoms with Crippen molar-refractivity contribution in [3.05, 3.63) is 48.3 Å². The van der Waals surface area contributed by atoms with Crippen molar-refractivity contribution in [2.24, 2.45) is 0 Å². The molecule has 0 saturated heterocycles. The summed E-state index contributed by atoms with van der Waals surface area (Å²) in [5, 5.41) is 13.3. The summed E-state index contributed by atoms with van der Waals surface area (Å²) in [4.78, 5) is 24.7. The zero-order valence-corrected chi connectivity index (χ0v) is 12.9. The topological polar surface area (TPSA) is 75.4 Å². The molecule has 0 unspecified atom stereocenters. The van der Waals surface area contributed by atoms with Crippen molar-refractivity contribution in [2.75, 3.05) is 7.05 Å².